The number of halogens is 2. The Labute approximate surface area is 99.4 Å². The second-order valence-corrected chi connectivity index (χ2v) is 3.39. The Kier molecular flexibility index (Phi) is 3.18. The molecule has 8 heteroatoms. The molecule has 0 amide bonds. The topological polar surface area (TPSA) is 81.2 Å². The number of hydrogen-bond donors (Lipinski definition) is 1. The lowest BCUT2D eigenvalue weighted by Crippen LogP contribution is -2.05. The van der Waals surface area contributed by atoms with E-state index in [1.807, 2.05) is 0 Å². The molecule has 0 saturated carbocycles. The summed E-state index contributed by atoms with van der Waals surface area (Å²) in [4.78, 5) is 9.77. The van der Waals surface area contributed by atoms with E-state index in [0.717, 1.165) is 6.07 Å². The van der Waals surface area contributed by atoms with E-state index < -0.39 is 22.2 Å². The molecule has 0 fully saturated rings. The molecule has 0 radical (unpaired) electrons. The van der Waals surface area contributed by atoms with E-state index in [9.17, 15) is 18.9 Å². The molecule has 0 aliphatic carbocycles. The van der Waals surface area contributed by atoms with Gasteiger partial charge >= 0.3 is 5.69 Å². The van der Waals surface area contributed by atoms with Crippen LogP contribution in [0, 0.1) is 21.7 Å². The van der Waals surface area contributed by atoms with Gasteiger partial charge in [0.25, 0.3) is 0 Å². The van der Waals surface area contributed by atoms with E-state index >= 15 is 0 Å². The molecule has 0 bridgehead atoms. The summed E-state index contributed by atoms with van der Waals surface area (Å²) in [5.41, 5.74) is -0.602. The molecule has 2 aromatic rings. The highest BCUT2D eigenvalue weighted by atomic mass is 19.1. The average molecular weight is 255 g/mol. The van der Waals surface area contributed by atoms with Crippen molar-refractivity contribution >= 4 is 11.4 Å². The molecule has 6 nitrogen and oxygen atoms in total. The van der Waals surface area contributed by atoms with E-state index in [-0.39, 0.29) is 12.2 Å². The quantitative estimate of drug-likeness (QED) is 0.670. The Morgan fingerprint density at radius 3 is 2.83 bits per heavy atom. The zero-order valence-electron chi connectivity index (χ0n) is 8.89. The Morgan fingerprint density at radius 1 is 1.44 bits per heavy atom. The number of nitro benzene ring substituents is 1. The molecule has 0 aliphatic rings. The van der Waals surface area contributed by atoms with E-state index in [2.05, 4.69) is 15.0 Å². The Balaban J connectivity index is 2.28. The van der Waals surface area contributed by atoms with Crippen molar-refractivity contribution in [3.05, 3.63) is 51.9 Å². The van der Waals surface area contributed by atoms with Crippen LogP contribution in [0.1, 0.15) is 5.69 Å². The third-order valence-corrected chi connectivity index (χ3v) is 2.16. The first kappa shape index (κ1) is 12.0. The Hall–Kier alpha value is -2.51. The van der Waals surface area contributed by atoms with Gasteiger partial charge in [0.2, 0.25) is 5.82 Å². The highest BCUT2D eigenvalue weighted by molar-refractivity contribution is 5.62. The molecule has 1 aromatic carbocycles. The van der Waals surface area contributed by atoms with Gasteiger partial charge in [-0.15, -0.1) is 0 Å². The van der Waals surface area contributed by atoms with Crippen LogP contribution in [-0.2, 0) is 6.54 Å². The van der Waals surface area contributed by atoms with Crippen molar-refractivity contribution in [3.63, 3.8) is 0 Å². The fourth-order valence-electron chi connectivity index (χ4n) is 1.40. The summed E-state index contributed by atoms with van der Waals surface area (Å²) in [5.74, 6) is -2.14. The summed E-state index contributed by atoms with van der Waals surface area (Å²) in [5, 5.41) is 16.8. The molecule has 1 aromatic heterocycles. The smallest absolute Gasteiger partial charge is 0.327 e. The first-order chi connectivity index (χ1) is 8.58. The maximum absolute atomic E-state index is 13.3. The number of benzene rings is 1. The van der Waals surface area contributed by atoms with E-state index in [0.29, 0.717) is 11.8 Å². The second-order valence-electron chi connectivity index (χ2n) is 3.39. The molecule has 1 heterocycles. The Morgan fingerprint density at radius 2 is 2.22 bits per heavy atom. The van der Waals surface area contributed by atoms with Crippen LogP contribution in [0.2, 0.25) is 0 Å². The van der Waals surface area contributed by atoms with Gasteiger partial charge in [-0.2, -0.15) is 4.39 Å². The molecule has 0 saturated heterocycles. The molecular weight excluding hydrogens is 248 g/mol. The normalized spacial score (nSPS) is 10.3. The predicted molar refractivity (Wildman–Crippen MR) is 56.8 cm³/mol. The third-order valence-electron chi connectivity index (χ3n) is 2.16. The lowest BCUT2D eigenvalue weighted by molar-refractivity contribution is -0.386. The van der Waals surface area contributed by atoms with Gasteiger partial charge in [0.1, 0.15) is 23.5 Å². The highest BCUT2D eigenvalue weighted by Crippen LogP contribution is 2.29. The monoisotopic (exact) mass is 255 g/mol. The zero-order chi connectivity index (χ0) is 13.1. The summed E-state index contributed by atoms with van der Waals surface area (Å²) < 4.78 is 30.8. The van der Waals surface area contributed by atoms with Crippen molar-refractivity contribution in [2.24, 2.45) is 0 Å². The summed E-state index contributed by atoms with van der Waals surface area (Å²) in [6.07, 6.45) is 1.32. The minimum atomic E-state index is -1.23. The first-order valence-electron chi connectivity index (χ1n) is 4.84. The average Bonchev–Trinajstić information content (AvgIpc) is 2.77. The predicted octanol–water partition coefficient (Wildman–Crippen LogP) is 2.47. The van der Waals surface area contributed by atoms with Gasteiger partial charge in [-0.1, -0.05) is 5.16 Å². The molecule has 94 valence electrons. The van der Waals surface area contributed by atoms with E-state index in [4.69, 9.17) is 0 Å². The molecule has 1 N–H and O–H groups in total. The summed E-state index contributed by atoms with van der Waals surface area (Å²) in [6, 6.07) is 2.83. The van der Waals surface area contributed by atoms with Crippen molar-refractivity contribution in [1.29, 1.82) is 0 Å². The third kappa shape index (κ3) is 2.42. The number of aromatic nitrogens is 1. The van der Waals surface area contributed by atoms with E-state index in [1.54, 1.807) is 0 Å². The summed E-state index contributed by atoms with van der Waals surface area (Å²) in [7, 11) is 0. The highest BCUT2D eigenvalue weighted by Gasteiger charge is 2.21. The maximum Gasteiger partial charge on any atom is 0.327 e. The number of anilines is 1. The molecule has 2 rings (SSSR count). The number of nitrogens with zero attached hydrogens (tertiary/aromatic N) is 2. The molecule has 0 aliphatic heterocycles. The fourth-order valence-corrected chi connectivity index (χ4v) is 1.40. The zero-order valence-corrected chi connectivity index (χ0v) is 8.89. The number of nitro groups is 1. The van der Waals surface area contributed by atoms with Gasteiger partial charge in [-0.3, -0.25) is 10.1 Å². The van der Waals surface area contributed by atoms with E-state index in [1.165, 1.54) is 12.3 Å². The van der Waals surface area contributed by atoms with Crippen molar-refractivity contribution in [1.82, 2.24) is 5.16 Å². The van der Waals surface area contributed by atoms with Crippen molar-refractivity contribution in [2.75, 3.05) is 5.32 Å². The first-order valence-corrected chi connectivity index (χ1v) is 4.84. The van der Waals surface area contributed by atoms with Crippen LogP contribution in [-0.4, -0.2) is 10.1 Å². The minimum absolute atomic E-state index is 0.0558. The maximum atomic E-state index is 13.3. The van der Waals surface area contributed by atoms with Gasteiger partial charge < -0.3 is 9.84 Å². The molecule has 0 spiro atoms. The van der Waals surface area contributed by atoms with Gasteiger partial charge in [0.05, 0.1) is 11.5 Å². The number of hydrogen-bond acceptors (Lipinski definition) is 5. The Bertz CT molecular complexity index is 572. The lowest BCUT2D eigenvalue weighted by atomic mass is 10.2. The van der Waals surface area contributed by atoms with Crippen LogP contribution in [0.4, 0.5) is 20.2 Å². The fraction of sp³-hybridized carbons (Fsp3) is 0.100. The van der Waals surface area contributed by atoms with Crippen LogP contribution < -0.4 is 5.32 Å². The van der Waals surface area contributed by atoms with Gasteiger partial charge in [-0.25, -0.2) is 4.39 Å². The largest absolute Gasteiger partial charge is 0.374 e. The number of rotatable bonds is 4. The molecular formula is C10H7F2N3O3. The van der Waals surface area contributed by atoms with Crippen LogP contribution >= 0.6 is 0 Å². The van der Waals surface area contributed by atoms with Crippen LogP contribution in [0.3, 0.4) is 0 Å². The van der Waals surface area contributed by atoms with Gasteiger partial charge in [0.15, 0.2) is 0 Å². The summed E-state index contributed by atoms with van der Waals surface area (Å²) in [6.45, 7) is 0.0558. The molecule has 0 unspecified atom stereocenters. The van der Waals surface area contributed by atoms with Crippen LogP contribution in [0.5, 0.6) is 0 Å². The number of nitrogens with one attached hydrogen (secondary N) is 1. The van der Waals surface area contributed by atoms with Gasteiger partial charge in [-0.05, 0) is 0 Å². The standard InChI is InChI=1S/C10H7F2N3O3/c11-6-3-8(12)10(15(16)17)9(4-6)13-5-7-1-2-18-14-7/h1-4,13H,5H2. The minimum Gasteiger partial charge on any atom is -0.374 e. The van der Waals surface area contributed by atoms with Crippen molar-refractivity contribution in [3.8, 4) is 0 Å². The lowest BCUT2D eigenvalue weighted by Gasteiger charge is -2.06. The summed E-state index contributed by atoms with van der Waals surface area (Å²) >= 11 is 0. The molecule has 18 heavy (non-hydrogen) atoms. The van der Waals surface area contributed by atoms with Crippen LogP contribution in [0.15, 0.2) is 29.0 Å². The van der Waals surface area contributed by atoms with Gasteiger partial charge in [0, 0.05) is 18.2 Å². The van der Waals surface area contributed by atoms with Crippen molar-refractivity contribution < 1.29 is 18.2 Å². The van der Waals surface area contributed by atoms with Crippen LogP contribution in [0.25, 0.3) is 0 Å². The van der Waals surface area contributed by atoms with Crippen molar-refractivity contribution in [2.45, 2.75) is 6.54 Å². The second kappa shape index (κ2) is 4.78. The molecule has 0 atom stereocenters. The SMILES string of the molecule is O=[N+]([O-])c1c(F)cc(F)cc1NCc1ccon1.